The lowest BCUT2D eigenvalue weighted by Crippen LogP contribution is -2.23. The first-order chi connectivity index (χ1) is 13.8. The second kappa shape index (κ2) is 8.59. The molecule has 150 valence electrons. The Labute approximate surface area is 171 Å². The third kappa shape index (κ3) is 5.10. The molecule has 0 unspecified atom stereocenters. The predicted octanol–water partition coefficient (Wildman–Crippen LogP) is 4.35. The van der Waals surface area contributed by atoms with Gasteiger partial charge in [-0.15, -0.1) is 0 Å². The molecular weight excluding hydrogens is 422 g/mol. The summed E-state index contributed by atoms with van der Waals surface area (Å²) in [5.74, 6) is -1.56. The Morgan fingerprint density at radius 1 is 0.966 bits per heavy atom. The fraction of sp³-hybridized carbons (Fsp3) is 0.0500. The van der Waals surface area contributed by atoms with E-state index in [1.807, 2.05) is 0 Å². The van der Waals surface area contributed by atoms with E-state index in [4.69, 9.17) is 11.6 Å². The second-order valence-electron chi connectivity index (χ2n) is 6.03. The maximum atomic E-state index is 13.7. The highest BCUT2D eigenvalue weighted by atomic mass is 35.5. The van der Waals surface area contributed by atoms with Gasteiger partial charge in [-0.25, -0.2) is 17.2 Å². The summed E-state index contributed by atoms with van der Waals surface area (Å²) in [7, 11) is -4.04. The molecule has 0 aliphatic carbocycles. The van der Waals surface area contributed by atoms with Crippen LogP contribution in [0.1, 0.15) is 15.9 Å². The van der Waals surface area contributed by atoms with Gasteiger partial charge in [0.15, 0.2) is 0 Å². The Morgan fingerprint density at radius 3 is 2.34 bits per heavy atom. The molecule has 0 atom stereocenters. The molecule has 0 saturated heterocycles. The second-order valence-corrected chi connectivity index (χ2v) is 8.12. The number of halogens is 3. The van der Waals surface area contributed by atoms with Crippen molar-refractivity contribution >= 4 is 33.2 Å². The minimum absolute atomic E-state index is 0.0190. The van der Waals surface area contributed by atoms with E-state index in [9.17, 15) is 22.0 Å². The Hall–Kier alpha value is -2.97. The molecule has 3 rings (SSSR count). The van der Waals surface area contributed by atoms with Gasteiger partial charge in [-0.1, -0.05) is 29.8 Å². The molecule has 0 spiro atoms. The van der Waals surface area contributed by atoms with Crippen molar-refractivity contribution in [1.82, 2.24) is 5.32 Å². The minimum Gasteiger partial charge on any atom is -0.348 e. The van der Waals surface area contributed by atoms with E-state index in [-0.39, 0.29) is 27.7 Å². The number of sulfonamides is 1. The quantitative estimate of drug-likeness (QED) is 0.603. The van der Waals surface area contributed by atoms with Crippen LogP contribution in [0.4, 0.5) is 14.5 Å². The van der Waals surface area contributed by atoms with Gasteiger partial charge in [-0.3, -0.25) is 9.52 Å². The average Bonchev–Trinajstić information content (AvgIpc) is 2.69. The number of carbonyl (C=O) groups is 1. The summed E-state index contributed by atoms with van der Waals surface area (Å²) in [6.07, 6.45) is 0. The van der Waals surface area contributed by atoms with Crippen molar-refractivity contribution in [1.29, 1.82) is 0 Å². The number of benzene rings is 3. The van der Waals surface area contributed by atoms with E-state index in [1.165, 1.54) is 24.3 Å². The van der Waals surface area contributed by atoms with Gasteiger partial charge in [0.1, 0.15) is 11.6 Å². The Kier molecular flexibility index (Phi) is 6.14. The van der Waals surface area contributed by atoms with Gasteiger partial charge in [-0.2, -0.15) is 0 Å². The summed E-state index contributed by atoms with van der Waals surface area (Å²) in [6, 6.07) is 14.3. The number of nitrogens with one attached hydrogen (secondary N) is 2. The van der Waals surface area contributed by atoms with Crippen molar-refractivity contribution in [3.63, 3.8) is 0 Å². The lowest BCUT2D eigenvalue weighted by atomic mass is 10.1. The fourth-order valence-corrected chi connectivity index (χ4v) is 3.77. The van der Waals surface area contributed by atoms with Crippen molar-refractivity contribution < 1.29 is 22.0 Å². The van der Waals surface area contributed by atoms with E-state index in [0.717, 1.165) is 24.3 Å². The lowest BCUT2D eigenvalue weighted by molar-refractivity contribution is 0.0950. The molecule has 0 heterocycles. The van der Waals surface area contributed by atoms with E-state index in [2.05, 4.69) is 10.0 Å². The van der Waals surface area contributed by atoms with Gasteiger partial charge in [0, 0.05) is 17.7 Å². The topological polar surface area (TPSA) is 75.3 Å². The van der Waals surface area contributed by atoms with Gasteiger partial charge >= 0.3 is 0 Å². The summed E-state index contributed by atoms with van der Waals surface area (Å²) in [5.41, 5.74) is 0.420. The van der Waals surface area contributed by atoms with Gasteiger partial charge < -0.3 is 5.32 Å². The Morgan fingerprint density at radius 2 is 1.66 bits per heavy atom. The molecule has 3 aromatic carbocycles. The summed E-state index contributed by atoms with van der Waals surface area (Å²) < 4.78 is 53.9. The molecule has 3 aromatic rings. The van der Waals surface area contributed by atoms with Crippen LogP contribution in [-0.2, 0) is 16.6 Å². The first-order valence-electron chi connectivity index (χ1n) is 8.36. The van der Waals surface area contributed by atoms with Gasteiger partial charge in [0.25, 0.3) is 15.9 Å². The molecule has 9 heteroatoms. The first kappa shape index (κ1) is 20.8. The van der Waals surface area contributed by atoms with Crippen LogP contribution in [0, 0.1) is 11.6 Å². The Balaban J connectivity index is 1.78. The van der Waals surface area contributed by atoms with Crippen LogP contribution < -0.4 is 10.0 Å². The molecule has 0 bridgehead atoms. The monoisotopic (exact) mass is 436 g/mol. The molecule has 0 fully saturated rings. The summed E-state index contributed by atoms with van der Waals surface area (Å²) >= 11 is 6.05. The van der Waals surface area contributed by atoms with E-state index < -0.39 is 27.6 Å². The fourth-order valence-electron chi connectivity index (χ4n) is 2.48. The molecule has 0 radical (unpaired) electrons. The van der Waals surface area contributed by atoms with Crippen molar-refractivity contribution in [2.75, 3.05) is 4.72 Å². The number of hydrogen-bond donors (Lipinski definition) is 2. The number of anilines is 1. The standard InChI is InChI=1S/C20H15ClF2N2O3S/c21-17-10-5-13(20(26)24-12-14-3-1-2-4-18(14)23)11-19(17)25-29(27,28)16-8-6-15(22)7-9-16/h1-11,25H,12H2,(H,24,26). The summed E-state index contributed by atoms with van der Waals surface area (Å²) in [4.78, 5) is 12.2. The molecule has 5 nitrogen and oxygen atoms in total. The van der Waals surface area contributed by atoms with Crippen LogP contribution in [0.15, 0.2) is 71.6 Å². The van der Waals surface area contributed by atoms with Crippen LogP contribution in [0.5, 0.6) is 0 Å². The minimum atomic E-state index is -4.04. The zero-order valence-corrected chi connectivity index (χ0v) is 16.4. The van der Waals surface area contributed by atoms with Crippen molar-refractivity contribution in [2.45, 2.75) is 11.4 Å². The normalized spacial score (nSPS) is 11.1. The zero-order chi connectivity index (χ0) is 21.0. The molecule has 0 aromatic heterocycles. The van der Waals surface area contributed by atoms with Crippen LogP contribution >= 0.6 is 11.6 Å². The number of amides is 1. The average molecular weight is 437 g/mol. The predicted molar refractivity (Wildman–Crippen MR) is 106 cm³/mol. The first-order valence-corrected chi connectivity index (χ1v) is 10.2. The van der Waals surface area contributed by atoms with Crippen LogP contribution in [0.2, 0.25) is 5.02 Å². The summed E-state index contributed by atoms with van der Waals surface area (Å²) in [6.45, 7) is -0.0369. The van der Waals surface area contributed by atoms with Crippen LogP contribution in [0.3, 0.4) is 0 Å². The number of rotatable bonds is 6. The van der Waals surface area contributed by atoms with Crippen LogP contribution in [0.25, 0.3) is 0 Å². The molecule has 1 amide bonds. The van der Waals surface area contributed by atoms with Crippen LogP contribution in [-0.4, -0.2) is 14.3 Å². The molecule has 29 heavy (non-hydrogen) atoms. The molecular formula is C20H15ClF2N2O3S. The summed E-state index contributed by atoms with van der Waals surface area (Å²) in [5, 5.41) is 2.63. The van der Waals surface area contributed by atoms with E-state index >= 15 is 0 Å². The van der Waals surface area contributed by atoms with Gasteiger partial charge in [0.2, 0.25) is 0 Å². The third-order valence-corrected chi connectivity index (χ3v) is 5.71. The van der Waals surface area contributed by atoms with E-state index in [0.29, 0.717) is 5.56 Å². The highest BCUT2D eigenvalue weighted by Crippen LogP contribution is 2.26. The highest BCUT2D eigenvalue weighted by molar-refractivity contribution is 7.92. The van der Waals surface area contributed by atoms with Gasteiger partial charge in [-0.05, 0) is 48.5 Å². The van der Waals surface area contributed by atoms with E-state index in [1.54, 1.807) is 18.2 Å². The van der Waals surface area contributed by atoms with Crippen molar-refractivity contribution in [2.24, 2.45) is 0 Å². The lowest BCUT2D eigenvalue weighted by Gasteiger charge is -2.12. The SMILES string of the molecule is O=C(NCc1ccccc1F)c1ccc(Cl)c(NS(=O)(=O)c2ccc(F)cc2)c1. The molecule has 0 saturated carbocycles. The van der Waals surface area contributed by atoms with Crippen molar-refractivity contribution in [3.05, 3.63) is 94.5 Å². The Bertz CT molecular complexity index is 1150. The molecule has 0 aliphatic rings. The zero-order valence-electron chi connectivity index (χ0n) is 14.8. The van der Waals surface area contributed by atoms with Crippen molar-refractivity contribution in [3.8, 4) is 0 Å². The molecule has 2 N–H and O–H groups in total. The number of carbonyl (C=O) groups excluding carboxylic acids is 1. The largest absolute Gasteiger partial charge is 0.348 e. The smallest absolute Gasteiger partial charge is 0.261 e. The highest BCUT2D eigenvalue weighted by Gasteiger charge is 2.17. The maximum Gasteiger partial charge on any atom is 0.261 e. The maximum absolute atomic E-state index is 13.7. The van der Waals surface area contributed by atoms with Gasteiger partial charge in [0.05, 0.1) is 15.6 Å². The number of hydrogen-bond acceptors (Lipinski definition) is 3. The third-order valence-electron chi connectivity index (χ3n) is 3.99. The molecule has 0 aliphatic heterocycles.